The zero-order valence-electron chi connectivity index (χ0n) is 19.2. The number of carbonyl (C=O) groups is 1. The summed E-state index contributed by atoms with van der Waals surface area (Å²) in [6.45, 7) is 6.57. The first kappa shape index (κ1) is 24.1. The summed E-state index contributed by atoms with van der Waals surface area (Å²) < 4.78 is 11.5. The number of ether oxygens (including phenoxy) is 2. The molecule has 3 rings (SSSR count). The van der Waals surface area contributed by atoms with Crippen molar-refractivity contribution in [1.29, 1.82) is 0 Å². The Morgan fingerprint density at radius 1 is 1.12 bits per heavy atom. The van der Waals surface area contributed by atoms with E-state index in [4.69, 9.17) is 9.47 Å². The van der Waals surface area contributed by atoms with Crippen LogP contribution in [0.2, 0.25) is 0 Å². The van der Waals surface area contributed by atoms with Gasteiger partial charge in [0.1, 0.15) is 0 Å². The molecule has 32 heavy (non-hydrogen) atoms. The standard InChI is InChI=1S/C26H36N2O4/c1-3-31-24-16-21(17-27-19-26(13-7-14-26)20(2)12-15-29)10-11-23(24)32-18-25(30)28-22-8-5-4-6-9-22/h4-6,8-11,16,20,27,29H,3,7,12-15,17-19H2,1-2H3,(H,28,30). The third-order valence-corrected chi connectivity index (χ3v) is 6.49. The molecule has 1 aliphatic rings. The number of amides is 1. The second-order valence-corrected chi connectivity index (χ2v) is 8.65. The van der Waals surface area contributed by atoms with Crippen molar-refractivity contribution in [1.82, 2.24) is 5.32 Å². The van der Waals surface area contributed by atoms with Crippen LogP contribution in [-0.2, 0) is 11.3 Å². The van der Waals surface area contributed by atoms with E-state index in [1.807, 2.05) is 55.5 Å². The average molecular weight is 441 g/mol. The summed E-state index contributed by atoms with van der Waals surface area (Å²) >= 11 is 0. The largest absolute Gasteiger partial charge is 0.490 e. The smallest absolute Gasteiger partial charge is 0.262 e. The monoisotopic (exact) mass is 440 g/mol. The Hall–Kier alpha value is -2.57. The Balaban J connectivity index is 1.54. The molecule has 1 aliphatic carbocycles. The lowest BCUT2D eigenvalue weighted by Crippen LogP contribution is -2.44. The van der Waals surface area contributed by atoms with E-state index in [9.17, 15) is 9.90 Å². The number of para-hydroxylation sites is 1. The highest BCUT2D eigenvalue weighted by Crippen LogP contribution is 2.47. The van der Waals surface area contributed by atoms with E-state index >= 15 is 0 Å². The number of benzene rings is 2. The predicted molar refractivity (Wildman–Crippen MR) is 127 cm³/mol. The van der Waals surface area contributed by atoms with E-state index in [0.717, 1.165) is 30.8 Å². The molecule has 0 aromatic heterocycles. The van der Waals surface area contributed by atoms with Gasteiger partial charge in [0.05, 0.1) is 6.61 Å². The molecule has 0 radical (unpaired) electrons. The summed E-state index contributed by atoms with van der Waals surface area (Å²) in [5.41, 5.74) is 2.16. The average Bonchev–Trinajstić information content (AvgIpc) is 2.76. The normalized spacial score (nSPS) is 15.5. The van der Waals surface area contributed by atoms with Crippen molar-refractivity contribution in [2.75, 3.05) is 31.7 Å². The van der Waals surface area contributed by atoms with Gasteiger partial charge in [0.25, 0.3) is 5.91 Å². The quantitative estimate of drug-likeness (QED) is 0.431. The van der Waals surface area contributed by atoms with Crippen LogP contribution in [0.5, 0.6) is 11.5 Å². The predicted octanol–water partition coefficient (Wildman–Crippen LogP) is 4.38. The molecular formula is C26H36N2O4. The summed E-state index contributed by atoms with van der Waals surface area (Å²) in [6.07, 6.45) is 4.59. The minimum absolute atomic E-state index is 0.0855. The Morgan fingerprint density at radius 2 is 1.91 bits per heavy atom. The Morgan fingerprint density at radius 3 is 2.56 bits per heavy atom. The molecule has 6 nitrogen and oxygen atoms in total. The van der Waals surface area contributed by atoms with Gasteiger partial charge in [0.15, 0.2) is 18.1 Å². The molecule has 174 valence electrons. The first-order valence-electron chi connectivity index (χ1n) is 11.6. The van der Waals surface area contributed by atoms with E-state index in [2.05, 4.69) is 17.6 Å². The Kier molecular flexibility index (Phi) is 8.94. The molecule has 3 N–H and O–H groups in total. The van der Waals surface area contributed by atoms with Crippen LogP contribution in [0, 0.1) is 11.3 Å². The first-order chi connectivity index (χ1) is 15.6. The van der Waals surface area contributed by atoms with Gasteiger partial charge in [-0.05, 0) is 67.3 Å². The maximum Gasteiger partial charge on any atom is 0.262 e. The topological polar surface area (TPSA) is 79.8 Å². The van der Waals surface area contributed by atoms with Crippen LogP contribution in [0.1, 0.15) is 45.1 Å². The maximum atomic E-state index is 12.2. The third kappa shape index (κ3) is 6.47. The summed E-state index contributed by atoms with van der Waals surface area (Å²) in [5, 5.41) is 15.7. The van der Waals surface area contributed by atoms with Gasteiger partial charge in [0, 0.05) is 25.4 Å². The van der Waals surface area contributed by atoms with Crippen LogP contribution >= 0.6 is 0 Å². The highest BCUT2D eigenvalue weighted by molar-refractivity contribution is 5.91. The fourth-order valence-corrected chi connectivity index (χ4v) is 4.34. The highest BCUT2D eigenvalue weighted by atomic mass is 16.5. The second-order valence-electron chi connectivity index (χ2n) is 8.65. The van der Waals surface area contributed by atoms with E-state index < -0.39 is 0 Å². The molecule has 0 aliphatic heterocycles. The molecule has 0 saturated heterocycles. The van der Waals surface area contributed by atoms with Crippen LogP contribution < -0.4 is 20.1 Å². The van der Waals surface area contributed by atoms with Gasteiger partial charge >= 0.3 is 0 Å². The molecule has 0 bridgehead atoms. The molecule has 1 amide bonds. The van der Waals surface area contributed by atoms with Crippen LogP contribution in [0.3, 0.4) is 0 Å². The molecule has 1 unspecified atom stereocenters. The van der Waals surface area contributed by atoms with Gasteiger partial charge in [-0.2, -0.15) is 0 Å². The maximum absolute atomic E-state index is 12.2. The zero-order valence-corrected chi connectivity index (χ0v) is 19.2. The number of carbonyl (C=O) groups excluding carboxylic acids is 1. The molecular weight excluding hydrogens is 404 g/mol. The Bertz CT molecular complexity index is 852. The number of aliphatic hydroxyl groups is 1. The number of rotatable bonds is 13. The van der Waals surface area contributed by atoms with Gasteiger partial charge < -0.3 is 25.2 Å². The van der Waals surface area contributed by atoms with E-state index in [0.29, 0.717) is 29.4 Å². The van der Waals surface area contributed by atoms with Gasteiger partial charge in [-0.25, -0.2) is 0 Å². The summed E-state index contributed by atoms with van der Waals surface area (Å²) in [4.78, 5) is 12.2. The van der Waals surface area contributed by atoms with Crippen LogP contribution in [0.25, 0.3) is 0 Å². The summed E-state index contributed by atoms with van der Waals surface area (Å²) in [7, 11) is 0. The summed E-state index contributed by atoms with van der Waals surface area (Å²) in [5.74, 6) is 1.51. The molecule has 1 saturated carbocycles. The fourth-order valence-electron chi connectivity index (χ4n) is 4.34. The molecule has 1 atom stereocenters. The van der Waals surface area contributed by atoms with Crippen molar-refractivity contribution in [3.63, 3.8) is 0 Å². The molecule has 0 heterocycles. The van der Waals surface area contributed by atoms with Crippen molar-refractivity contribution in [3.05, 3.63) is 54.1 Å². The molecule has 6 heteroatoms. The minimum atomic E-state index is -0.216. The zero-order chi connectivity index (χ0) is 22.8. The van der Waals surface area contributed by atoms with Crippen LogP contribution in [0.15, 0.2) is 48.5 Å². The van der Waals surface area contributed by atoms with Crippen molar-refractivity contribution >= 4 is 11.6 Å². The van der Waals surface area contributed by atoms with Gasteiger partial charge in [0.2, 0.25) is 0 Å². The van der Waals surface area contributed by atoms with E-state index in [1.54, 1.807) is 0 Å². The van der Waals surface area contributed by atoms with E-state index in [-0.39, 0.29) is 19.1 Å². The van der Waals surface area contributed by atoms with Crippen LogP contribution in [0.4, 0.5) is 5.69 Å². The molecule has 0 spiro atoms. The van der Waals surface area contributed by atoms with E-state index in [1.165, 1.54) is 19.3 Å². The number of aliphatic hydroxyl groups excluding tert-OH is 1. The highest BCUT2D eigenvalue weighted by Gasteiger charge is 2.40. The minimum Gasteiger partial charge on any atom is -0.490 e. The SMILES string of the molecule is CCOc1cc(CNCC2(C(C)CCO)CCC2)ccc1OCC(=O)Nc1ccccc1. The third-order valence-electron chi connectivity index (χ3n) is 6.49. The first-order valence-corrected chi connectivity index (χ1v) is 11.6. The molecule has 2 aromatic carbocycles. The second kappa shape index (κ2) is 11.9. The fraction of sp³-hybridized carbons (Fsp3) is 0.500. The molecule has 1 fully saturated rings. The van der Waals surface area contributed by atoms with Crippen molar-refractivity contribution in [2.24, 2.45) is 11.3 Å². The van der Waals surface area contributed by atoms with Gasteiger partial charge in [-0.1, -0.05) is 37.6 Å². The number of hydrogen-bond donors (Lipinski definition) is 3. The number of hydrogen-bond acceptors (Lipinski definition) is 5. The van der Waals surface area contributed by atoms with Gasteiger partial charge in [-0.15, -0.1) is 0 Å². The van der Waals surface area contributed by atoms with Crippen molar-refractivity contribution in [2.45, 2.75) is 46.1 Å². The lowest BCUT2D eigenvalue weighted by molar-refractivity contribution is -0.118. The Labute approximate surface area is 191 Å². The van der Waals surface area contributed by atoms with Crippen molar-refractivity contribution < 1.29 is 19.4 Å². The lowest BCUT2D eigenvalue weighted by Gasteiger charge is -2.47. The number of nitrogens with one attached hydrogen (secondary N) is 2. The summed E-state index contributed by atoms with van der Waals surface area (Å²) in [6, 6.07) is 15.2. The van der Waals surface area contributed by atoms with Crippen molar-refractivity contribution in [3.8, 4) is 11.5 Å². The van der Waals surface area contributed by atoms with Crippen LogP contribution in [-0.4, -0.2) is 37.4 Å². The van der Waals surface area contributed by atoms with Gasteiger partial charge in [-0.3, -0.25) is 4.79 Å². The lowest BCUT2D eigenvalue weighted by atomic mass is 9.60. The number of anilines is 1. The molecule has 2 aromatic rings.